The number of rotatable bonds is 4. The van der Waals surface area contributed by atoms with Gasteiger partial charge >= 0.3 is 0 Å². The monoisotopic (exact) mass is 535 g/mol. The average molecular weight is 536 g/mol. The predicted octanol–water partition coefficient (Wildman–Crippen LogP) is 3.39. The second-order valence-electron chi connectivity index (χ2n) is 9.95. The maximum Gasteiger partial charge on any atom is 0.260 e. The third-order valence-corrected chi connectivity index (χ3v) is 6.92. The number of nitrogens with two attached hydrogens (primary N) is 2. The Morgan fingerprint density at radius 2 is 1.87 bits per heavy atom. The van der Waals surface area contributed by atoms with Crippen molar-refractivity contribution >= 4 is 28.4 Å². The summed E-state index contributed by atoms with van der Waals surface area (Å²) in [7, 11) is 0. The standard InChI is InChI=1S/C15H14F2N8.C9H15F2NO/c1-7-20-10-3-2-9(21-14(10)24(7)6-11(16)17)8-4-5-25-12(8)13(18)22-15(19)23-25;1-8(6-13-7-8)12-4-2-3-9(10,11)5-12/h2-5,11H,6H2,1H3,(H4,18,19,22,23);2-7H2,1H3. The third kappa shape index (κ3) is 4.97. The number of fused-ring (bicyclic) bond motifs is 2. The van der Waals surface area contributed by atoms with E-state index in [1.165, 1.54) is 9.08 Å². The molecule has 0 radical (unpaired) electrons. The normalized spacial score (nSPS) is 18.9. The SMILES string of the molecule is CC1(N2CCCC(F)(F)C2)COC1.Cc1nc2ccc(-c3ccn4nc(N)nc(N)c34)nc2n1CC(F)F. The average Bonchev–Trinajstić information content (AvgIpc) is 3.37. The molecule has 0 saturated carbocycles. The number of halogens is 4. The van der Waals surface area contributed by atoms with Crippen molar-refractivity contribution in [2.45, 2.75) is 51.1 Å². The van der Waals surface area contributed by atoms with Crippen molar-refractivity contribution in [3.63, 3.8) is 0 Å². The molecule has 38 heavy (non-hydrogen) atoms. The van der Waals surface area contributed by atoms with Gasteiger partial charge in [-0.25, -0.2) is 32.0 Å². The summed E-state index contributed by atoms with van der Waals surface area (Å²) in [6.07, 6.45) is -0.167. The first-order valence-corrected chi connectivity index (χ1v) is 12.2. The second-order valence-corrected chi connectivity index (χ2v) is 9.95. The van der Waals surface area contributed by atoms with E-state index in [-0.39, 0.29) is 30.3 Å². The lowest BCUT2D eigenvalue weighted by molar-refractivity contribution is -0.171. The lowest BCUT2D eigenvalue weighted by Crippen LogP contribution is -2.63. The minimum Gasteiger partial charge on any atom is -0.382 e. The number of pyridine rings is 1. The van der Waals surface area contributed by atoms with Gasteiger partial charge in [-0.3, -0.25) is 4.90 Å². The van der Waals surface area contributed by atoms with Gasteiger partial charge < -0.3 is 20.8 Å². The maximum absolute atomic E-state index is 13.1. The molecule has 0 unspecified atom stereocenters. The van der Waals surface area contributed by atoms with Gasteiger partial charge in [-0.1, -0.05) is 0 Å². The molecule has 2 saturated heterocycles. The van der Waals surface area contributed by atoms with Gasteiger partial charge in [-0.15, -0.1) is 5.10 Å². The fourth-order valence-electron chi connectivity index (χ4n) is 4.90. The van der Waals surface area contributed by atoms with Gasteiger partial charge in [0.15, 0.2) is 11.5 Å². The molecule has 4 aromatic heterocycles. The highest BCUT2D eigenvalue weighted by Crippen LogP contribution is 2.34. The summed E-state index contributed by atoms with van der Waals surface area (Å²) in [6.45, 7) is 5.11. The topological polar surface area (TPSA) is 125 Å². The van der Waals surface area contributed by atoms with Crippen LogP contribution >= 0.6 is 0 Å². The zero-order valence-corrected chi connectivity index (χ0v) is 21.0. The molecular formula is C24H29F4N9O. The predicted molar refractivity (Wildman–Crippen MR) is 134 cm³/mol. The number of piperidine rings is 1. The van der Waals surface area contributed by atoms with E-state index in [0.717, 1.165) is 6.54 Å². The van der Waals surface area contributed by atoms with Gasteiger partial charge in [-0.05, 0) is 45.0 Å². The minimum atomic E-state index is -2.50. The molecule has 0 aromatic carbocycles. The van der Waals surface area contributed by atoms with Gasteiger partial charge in [-0.2, -0.15) is 4.98 Å². The fraction of sp³-hybridized carbons (Fsp3) is 0.500. The summed E-state index contributed by atoms with van der Waals surface area (Å²) in [5.74, 6) is -1.73. The van der Waals surface area contributed by atoms with Crippen LogP contribution in [0, 0.1) is 6.92 Å². The molecule has 2 fully saturated rings. The van der Waals surface area contributed by atoms with E-state index in [2.05, 4.69) is 20.1 Å². The van der Waals surface area contributed by atoms with Gasteiger partial charge in [0.1, 0.15) is 16.9 Å². The first kappa shape index (κ1) is 26.1. The Labute approximate surface area is 215 Å². The van der Waals surface area contributed by atoms with Crippen LogP contribution in [0.5, 0.6) is 0 Å². The lowest BCUT2D eigenvalue weighted by Gasteiger charge is -2.50. The van der Waals surface area contributed by atoms with Crippen molar-refractivity contribution in [1.82, 2.24) is 34.0 Å². The Kier molecular flexibility index (Phi) is 6.63. The second kappa shape index (κ2) is 9.66. The maximum atomic E-state index is 13.1. The Balaban J connectivity index is 0.000000190. The fourth-order valence-corrected chi connectivity index (χ4v) is 4.90. The van der Waals surface area contributed by atoms with Gasteiger partial charge in [0.05, 0.1) is 37.5 Å². The molecule has 0 amide bonds. The number of anilines is 2. The summed E-state index contributed by atoms with van der Waals surface area (Å²) in [6, 6.07) is 5.27. The highest BCUT2D eigenvalue weighted by atomic mass is 19.3. The van der Waals surface area contributed by atoms with E-state index >= 15 is 0 Å². The van der Waals surface area contributed by atoms with E-state index in [1.807, 2.05) is 11.8 Å². The summed E-state index contributed by atoms with van der Waals surface area (Å²) in [5, 5.41) is 4.06. The number of likely N-dealkylation sites (tertiary alicyclic amines) is 1. The van der Waals surface area contributed by atoms with Crippen LogP contribution in [0.25, 0.3) is 27.9 Å². The number of alkyl halides is 4. The van der Waals surface area contributed by atoms with E-state index in [0.29, 0.717) is 53.4 Å². The Hall–Kier alpha value is -3.52. The van der Waals surface area contributed by atoms with E-state index in [9.17, 15) is 17.6 Å². The summed E-state index contributed by atoms with van der Waals surface area (Å²) in [4.78, 5) is 14.6. The molecular weight excluding hydrogens is 506 g/mol. The van der Waals surface area contributed by atoms with Crippen molar-refractivity contribution in [1.29, 1.82) is 0 Å². The number of aromatic nitrogens is 6. The molecule has 4 N–H and O–H groups in total. The molecule has 204 valence electrons. The number of nitrogens with zero attached hydrogens (tertiary/aromatic N) is 7. The van der Waals surface area contributed by atoms with Crippen molar-refractivity contribution in [3.05, 3.63) is 30.2 Å². The smallest absolute Gasteiger partial charge is 0.260 e. The molecule has 14 heteroatoms. The van der Waals surface area contributed by atoms with Crippen LogP contribution in [0.2, 0.25) is 0 Å². The molecule has 0 spiro atoms. The molecule has 4 aromatic rings. The Morgan fingerprint density at radius 1 is 1.11 bits per heavy atom. The molecule has 0 aliphatic carbocycles. The van der Waals surface area contributed by atoms with Gasteiger partial charge in [0, 0.05) is 18.2 Å². The van der Waals surface area contributed by atoms with E-state index in [1.54, 1.807) is 31.3 Å². The molecule has 6 heterocycles. The zero-order chi connectivity index (χ0) is 27.2. The number of imidazole rings is 1. The molecule has 2 aliphatic heterocycles. The molecule has 0 bridgehead atoms. The van der Waals surface area contributed by atoms with Crippen molar-refractivity contribution in [2.24, 2.45) is 0 Å². The van der Waals surface area contributed by atoms with Crippen molar-refractivity contribution in [2.75, 3.05) is 37.8 Å². The van der Waals surface area contributed by atoms with Crippen LogP contribution in [0.4, 0.5) is 29.3 Å². The van der Waals surface area contributed by atoms with Gasteiger partial charge in [0.2, 0.25) is 5.95 Å². The highest BCUT2D eigenvalue weighted by molar-refractivity contribution is 5.88. The molecule has 10 nitrogen and oxygen atoms in total. The van der Waals surface area contributed by atoms with Crippen LogP contribution in [0.3, 0.4) is 0 Å². The molecule has 0 atom stereocenters. The quantitative estimate of drug-likeness (QED) is 0.381. The molecule has 2 aliphatic rings. The van der Waals surface area contributed by atoms with Crippen LogP contribution in [-0.4, -0.2) is 78.2 Å². The number of aryl methyl sites for hydroxylation is 1. The first-order chi connectivity index (χ1) is 18.0. The Bertz CT molecular complexity index is 1460. The van der Waals surface area contributed by atoms with Crippen LogP contribution in [-0.2, 0) is 11.3 Å². The summed E-state index contributed by atoms with van der Waals surface area (Å²) >= 11 is 0. The number of hydrogen-bond acceptors (Lipinski definition) is 8. The Morgan fingerprint density at radius 3 is 2.53 bits per heavy atom. The first-order valence-electron chi connectivity index (χ1n) is 12.2. The summed E-state index contributed by atoms with van der Waals surface area (Å²) in [5.41, 5.74) is 14.2. The van der Waals surface area contributed by atoms with Crippen molar-refractivity contribution in [3.8, 4) is 11.3 Å². The van der Waals surface area contributed by atoms with Crippen LogP contribution in [0.15, 0.2) is 24.4 Å². The van der Waals surface area contributed by atoms with Crippen LogP contribution in [0.1, 0.15) is 25.6 Å². The minimum absolute atomic E-state index is 0.0421. The summed E-state index contributed by atoms with van der Waals surface area (Å²) < 4.78 is 59.8. The largest absolute Gasteiger partial charge is 0.382 e. The van der Waals surface area contributed by atoms with Crippen molar-refractivity contribution < 1.29 is 22.3 Å². The number of hydrogen-bond donors (Lipinski definition) is 2. The van der Waals surface area contributed by atoms with E-state index < -0.39 is 18.9 Å². The third-order valence-electron chi connectivity index (χ3n) is 6.92. The van der Waals surface area contributed by atoms with E-state index in [4.69, 9.17) is 16.2 Å². The number of nitrogen functional groups attached to an aromatic ring is 2. The van der Waals surface area contributed by atoms with Crippen LogP contribution < -0.4 is 11.5 Å². The lowest BCUT2D eigenvalue weighted by atomic mass is 9.93. The highest BCUT2D eigenvalue weighted by Gasteiger charge is 2.46. The molecule has 6 rings (SSSR count). The van der Waals surface area contributed by atoms with Gasteiger partial charge in [0.25, 0.3) is 12.3 Å². The zero-order valence-electron chi connectivity index (χ0n) is 21.0. The number of ether oxygens (including phenoxy) is 1.